The average Bonchev–Trinajstić information content (AvgIpc) is 3.27. The van der Waals surface area contributed by atoms with Crippen LogP contribution in [-0.2, 0) is 11.3 Å². The van der Waals surface area contributed by atoms with Crippen LogP contribution in [0, 0.1) is 0 Å². The van der Waals surface area contributed by atoms with Gasteiger partial charge in [-0.2, -0.15) is 0 Å². The Bertz CT molecular complexity index is 796. The number of hydrogen-bond donors (Lipinski definition) is 1. The van der Waals surface area contributed by atoms with Gasteiger partial charge in [0, 0.05) is 11.6 Å². The second-order valence-electron chi connectivity index (χ2n) is 7.55. The number of amides is 2. The molecule has 2 heterocycles. The molecule has 0 bridgehead atoms. The molecule has 1 saturated heterocycles. The molecule has 2 amide bonds. The fourth-order valence-electron chi connectivity index (χ4n) is 3.96. The summed E-state index contributed by atoms with van der Waals surface area (Å²) in [5.74, 6) is 1.36. The number of nitrogens with one attached hydrogen (secondary N) is 1. The number of carbonyl (C=O) groups is 2. The molecule has 1 aromatic carbocycles. The molecule has 1 atom stereocenters. The maximum atomic E-state index is 12.6. The van der Waals surface area contributed by atoms with E-state index in [9.17, 15) is 9.59 Å². The molecule has 1 N–H and O–H groups in total. The molecule has 5 nitrogen and oxygen atoms in total. The Labute approximate surface area is 169 Å². The zero-order valence-corrected chi connectivity index (χ0v) is 16.7. The second kappa shape index (κ2) is 8.86. The van der Waals surface area contributed by atoms with Crippen LogP contribution in [0.5, 0.6) is 0 Å². The van der Waals surface area contributed by atoms with Crippen molar-refractivity contribution in [1.82, 2.24) is 10.2 Å². The van der Waals surface area contributed by atoms with E-state index in [0.717, 1.165) is 24.2 Å². The van der Waals surface area contributed by atoms with Crippen molar-refractivity contribution in [1.29, 1.82) is 0 Å². The van der Waals surface area contributed by atoms with Crippen molar-refractivity contribution in [3.8, 4) is 0 Å². The molecular weight excluding hydrogens is 372 g/mol. The Balaban J connectivity index is 1.41. The SMILES string of the molecule is O=C(NC1CCCCCC1)c1ccc([C@H]2SCC(=O)N2Cc2ccco2)cc1. The van der Waals surface area contributed by atoms with Crippen molar-refractivity contribution in [3.05, 3.63) is 59.5 Å². The summed E-state index contributed by atoms with van der Waals surface area (Å²) in [5, 5.41) is 3.14. The van der Waals surface area contributed by atoms with Gasteiger partial charge in [-0.3, -0.25) is 9.59 Å². The molecule has 6 heteroatoms. The Morgan fingerprint density at radius 3 is 2.54 bits per heavy atom. The van der Waals surface area contributed by atoms with Gasteiger partial charge in [0.2, 0.25) is 5.91 Å². The first-order chi connectivity index (χ1) is 13.7. The van der Waals surface area contributed by atoms with Gasteiger partial charge in [-0.15, -0.1) is 11.8 Å². The van der Waals surface area contributed by atoms with Gasteiger partial charge in [-0.05, 0) is 42.7 Å². The standard InChI is InChI=1S/C22H26N2O3S/c25-20-15-28-22(24(20)14-19-8-5-13-27-19)17-11-9-16(10-12-17)21(26)23-18-6-3-1-2-4-7-18/h5,8-13,18,22H,1-4,6-7,14-15H2,(H,23,26)/t22-/m1/s1. The van der Waals surface area contributed by atoms with Crippen LogP contribution in [0.2, 0.25) is 0 Å². The number of rotatable bonds is 5. The van der Waals surface area contributed by atoms with E-state index in [0.29, 0.717) is 23.9 Å². The van der Waals surface area contributed by atoms with Crippen LogP contribution in [-0.4, -0.2) is 28.5 Å². The van der Waals surface area contributed by atoms with E-state index in [1.807, 2.05) is 41.3 Å². The van der Waals surface area contributed by atoms with E-state index in [2.05, 4.69) is 5.32 Å². The van der Waals surface area contributed by atoms with E-state index in [1.165, 1.54) is 25.7 Å². The number of carbonyl (C=O) groups excluding carboxylic acids is 2. The molecule has 1 aromatic heterocycles. The fraction of sp³-hybridized carbons (Fsp3) is 0.455. The Morgan fingerprint density at radius 2 is 1.86 bits per heavy atom. The highest BCUT2D eigenvalue weighted by atomic mass is 32.2. The number of thioether (sulfide) groups is 1. The normalized spacial score (nSPS) is 20.9. The maximum absolute atomic E-state index is 12.6. The van der Waals surface area contributed by atoms with Gasteiger partial charge in [0.15, 0.2) is 0 Å². The lowest BCUT2D eigenvalue weighted by molar-refractivity contribution is -0.128. The van der Waals surface area contributed by atoms with Crippen molar-refractivity contribution in [2.75, 3.05) is 5.75 Å². The molecule has 2 aromatic rings. The largest absolute Gasteiger partial charge is 0.467 e. The number of hydrogen-bond acceptors (Lipinski definition) is 4. The lowest BCUT2D eigenvalue weighted by Gasteiger charge is -2.23. The molecule has 28 heavy (non-hydrogen) atoms. The van der Waals surface area contributed by atoms with E-state index in [1.54, 1.807) is 18.0 Å². The first-order valence-electron chi connectivity index (χ1n) is 10.0. The predicted octanol–water partition coefficient (Wildman–Crippen LogP) is 4.51. The highest BCUT2D eigenvalue weighted by Crippen LogP contribution is 2.39. The van der Waals surface area contributed by atoms with Crippen LogP contribution in [0.25, 0.3) is 0 Å². The summed E-state index contributed by atoms with van der Waals surface area (Å²) in [5.41, 5.74) is 1.72. The van der Waals surface area contributed by atoms with Crippen molar-refractivity contribution >= 4 is 23.6 Å². The molecule has 1 saturated carbocycles. The fourth-order valence-corrected chi connectivity index (χ4v) is 5.15. The second-order valence-corrected chi connectivity index (χ2v) is 8.62. The third kappa shape index (κ3) is 4.43. The van der Waals surface area contributed by atoms with E-state index < -0.39 is 0 Å². The third-order valence-corrected chi connectivity index (χ3v) is 6.78. The summed E-state index contributed by atoms with van der Waals surface area (Å²) < 4.78 is 5.40. The topological polar surface area (TPSA) is 62.6 Å². The van der Waals surface area contributed by atoms with Gasteiger partial charge in [0.25, 0.3) is 5.91 Å². The smallest absolute Gasteiger partial charge is 0.251 e. The lowest BCUT2D eigenvalue weighted by atomic mass is 10.1. The summed E-state index contributed by atoms with van der Waals surface area (Å²) in [6, 6.07) is 11.7. The van der Waals surface area contributed by atoms with Gasteiger partial charge < -0.3 is 14.6 Å². The Morgan fingerprint density at radius 1 is 1.11 bits per heavy atom. The molecule has 0 spiro atoms. The molecule has 1 aliphatic carbocycles. The third-order valence-electron chi connectivity index (χ3n) is 5.52. The summed E-state index contributed by atoms with van der Waals surface area (Å²) >= 11 is 1.61. The Kier molecular flexibility index (Phi) is 6.05. The first kappa shape index (κ1) is 19.1. The summed E-state index contributed by atoms with van der Waals surface area (Å²) in [6.45, 7) is 0.466. The lowest BCUT2D eigenvalue weighted by Crippen LogP contribution is -2.34. The maximum Gasteiger partial charge on any atom is 0.251 e. The monoisotopic (exact) mass is 398 g/mol. The highest BCUT2D eigenvalue weighted by Gasteiger charge is 2.33. The van der Waals surface area contributed by atoms with Crippen LogP contribution in [0.15, 0.2) is 47.1 Å². The highest BCUT2D eigenvalue weighted by molar-refractivity contribution is 8.00. The zero-order chi connectivity index (χ0) is 19.3. The minimum absolute atomic E-state index is 0.000966. The van der Waals surface area contributed by atoms with Gasteiger partial charge in [-0.1, -0.05) is 37.8 Å². The summed E-state index contributed by atoms with van der Waals surface area (Å²) in [7, 11) is 0. The van der Waals surface area contributed by atoms with Crippen molar-refractivity contribution in [3.63, 3.8) is 0 Å². The number of furan rings is 1. The van der Waals surface area contributed by atoms with Crippen LogP contribution in [0.3, 0.4) is 0 Å². The Hall–Kier alpha value is -2.21. The minimum atomic E-state index is -0.0448. The van der Waals surface area contributed by atoms with Crippen LogP contribution < -0.4 is 5.32 Å². The van der Waals surface area contributed by atoms with Crippen LogP contribution >= 0.6 is 11.8 Å². The van der Waals surface area contributed by atoms with E-state index >= 15 is 0 Å². The van der Waals surface area contributed by atoms with Crippen molar-refractivity contribution in [2.24, 2.45) is 0 Å². The van der Waals surface area contributed by atoms with E-state index in [-0.39, 0.29) is 17.2 Å². The first-order valence-corrected chi connectivity index (χ1v) is 11.1. The number of benzene rings is 1. The minimum Gasteiger partial charge on any atom is -0.467 e. The molecule has 1 aliphatic heterocycles. The summed E-state index contributed by atoms with van der Waals surface area (Å²) in [4.78, 5) is 26.7. The van der Waals surface area contributed by atoms with Gasteiger partial charge >= 0.3 is 0 Å². The van der Waals surface area contributed by atoms with Crippen molar-refractivity contribution < 1.29 is 14.0 Å². The van der Waals surface area contributed by atoms with Gasteiger partial charge in [0.1, 0.15) is 11.1 Å². The molecule has 148 valence electrons. The molecule has 0 unspecified atom stereocenters. The zero-order valence-electron chi connectivity index (χ0n) is 15.9. The summed E-state index contributed by atoms with van der Waals surface area (Å²) in [6.07, 6.45) is 8.71. The van der Waals surface area contributed by atoms with Crippen LogP contribution in [0.1, 0.15) is 65.6 Å². The molecular formula is C22H26N2O3S. The van der Waals surface area contributed by atoms with Gasteiger partial charge in [0.05, 0.1) is 18.6 Å². The number of nitrogens with zero attached hydrogens (tertiary/aromatic N) is 1. The van der Waals surface area contributed by atoms with Crippen molar-refractivity contribution in [2.45, 2.75) is 56.5 Å². The quantitative estimate of drug-likeness (QED) is 0.753. The molecule has 2 aliphatic rings. The average molecular weight is 399 g/mol. The predicted molar refractivity (Wildman–Crippen MR) is 110 cm³/mol. The van der Waals surface area contributed by atoms with Crippen LogP contribution in [0.4, 0.5) is 0 Å². The molecule has 4 rings (SSSR count). The molecule has 0 radical (unpaired) electrons. The van der Waals surface area contributed by atoms with Gasteiger partial charge in [-0.25, -0.2) is 0 Å². The van der Waals surface area contributed by atoms with E-state index in [4.69, 9.17) is 4.42 Å². The molecule has 2 fully saturated rings.